The molecule has 0 atom stereocenters. The predicted molar refractivity (Wildman–Crippen MR) is 112 cm³/mol. The number of hydrogen-bond donors (Lipinski definition) is 2. The number of hydrogen-bond acceptors (Lipinski definition) is 4. The Bertz CT molecular complexity index is 693. The van der Waals surface area contributed by atoms with Crippen molar-refractivity contribution < 1.29 is 9.13 Å². The fourth-order valence-corrected chi connectivity index (χ4v) is 2.80. The van der Waals surface area contributed by atoms with Crippen molar-refractivity contribution in [1.82, 2.24) is 15.6 Å². The Morgan fingerprint density at radius 2 is 2.16 bits per heavy atom. The summed E-state index contributed by atoms with van der Waals surface area (Å²) in [7, 11) is 1.45. The lowest BCUT2D eigenvalue weighted by Crippen LogP contribution is -2.38. The van der Waals surface area contributed by atoms with Gasteiger partial charge in [-0.1, -0.05) is 6.07 Å². The summed E-state index contributed by atoms with van der Waals surface area (Å²) in [6.07, 6.45) is 0.839. The number of halogens is 2. The Morgan fingerprint density at radius 1 is 1.36 bits per heavy atom. The first-order chi connectivity index (χ1) is 11.6. The SMILES string of the molecule is CCNC(=NCc1ccc(OC)c(F)c1)NCCc1csc(C)n1.I. The van der Waals surface area contributed by atoms with Gasteiger partial charge in [-0.25, -0.2) is 14.4 Å². The lowest BCUT2D eigenvalue weighted by atomic mass is 10.2. The van der Waals surface area contributed by atoms with Gasteiger partial charge >= 0.3 is 0 Å². The Kier molecular flexibility index (Phi) is 9.73. The molecule has 0 saturated carbocycles. The molecule has 0 saturated heterocycles. The maximum Gasteiger partial charge on any atom is 0.191 e. The zero-order valence-electron chi connectivity index (χ0n) is 14.6. The van der Waals surface area contributed by atoms with Gasteiger partial charge in [0.15, 0.2) is 17.5 Å². The molecule has 1 heterocycles. The number of ether oxygens (including phenoxy) is 1. The molecule has 138 valence electrons. The van der Waals surface area contributed by atoms with Crippen LogP contribution in [0.5, 0.6) is 5.75 Å². The lowest BCUT2D eigenvalue weighted by Gasteiger charge is -2.11. The number of methoxy groups -OCH3 is 1. The van der Waals surface area contributed by atoms with E-state index in [2.05, 4.69) is 26.0 Å². The smallest absolute Gasteiger partial charge is 0.191 e. The Hall–Kier alpha value is -1.42. The third-order valence-electron chi connectivity index (χ3n) is 3.32. The van der Waals surface area contributed by atoms with Gasteiger partial charge in [-0.05, 0) is 31.5 Å². The fraction of sp³-hybridized carbons (Fsp3) is 0.412. The molecular formula is C17H24FIN4OS. The summed E-state index contributed by atoms with van der Waals surface area (Å²) >= 11 is 1.65. The average molecular weight is 478 g/mol. The standard InChI is InChI=1S/C17H23FN4OS.HI/c1-4-19-17(20-8-7-14-11-24-12(2)22-14)21-10-13-5-6-16(23-3)15(18)9-13;/h5-6,9,11H,4,7-8,10H2,1-3H3,(H2,19,20,21);1H. The van der Waals surface area contributed by atoms with Crippen LogP contribution in [0.1, 0.15) is 23.2 Å². The van der Waals surface area contributed by atoms with Crippen molar-refractivity contribution in [2.75, 3.05) is 20.2 Å². The summed E-state index contributed by atoms with van der Waals surface area (Å²) in [5.74, 6) is 0.578. The monoisotopic (exact) mass is 478 g/mol. The second kappa shape index (κ2) is 11.2. The molecule has 0 bridgehead atoms. The second-order valence-corrected chi connectivity index (χ2v) is 6.26. The van der Waals surface area contributed by atoms with Crippen LogP contribution in [0.15, 0.2) is 28.6 Å². The molecule has 2 rings (SSSR count). The second-order valence-electron chi connectivity index (χ2n) is 5.20. The maximum atomic E-state index is 13.7. The third kappa shape index (κ3) is 7.15. The van der Waals surface area contributed by atoms with Crippen LogP contribution >= 0.6 is 35.3 Å². The Morgan fingerprint density at radius 3 is 2.76 bits per heavy atom. The molecule has 0 fully saturated rings. The molecular weight excluding hydrogens is 454 g/mol. The molecule has 1 aromatic heterocycles. The predicted octanol–water partition coefficient (Wildman–Crippen LogP) is 3.52. The van der Waals surface area contributed by atoms with E-state index in [1.807, 2.05) is 19.9 Å². The molecule has 0 unspecified atom stereocenters. The van der Waals surface area contributed by atoms with Gasteiger partial charge in [0.1, 0.15) is 0 Å². The van der Waals surface area contributed by atoms with Crippen LogP contribution in [0.25, 0.3) is 0 Å². The summed E-state index contributed by atoms with van der Waals surface area (Å²) in [4.78, 5) is 8.92. The van der Waals surface area contributed by atoms with Gasteiger partial charge in [0.25, 0.3) is 0 Å². The first-order valence-corrected chi connectivity index (χ1v) is 8.76. The molecule has 0 spiro atoms. The number of benzene rings is 1. The number of aliphatic imine (C=N–C) groups is 1. The van der Waals surface area contributed by atoms with Crippen molar-refractivity contribution in [3.63, 3.8) is 0 Å². The molecule has 1 aromatic carbocycles. The largest absolute Gasteiger partial charge is 0.494 e. The van der Waals surface area contributed by atoms with Crippen molar-refractivity contribution in [2.45, 2.75) is 26.8 Å². The number of aryl methyl sites for hydroxylation is 1. The van der Waals surface area contributed by atoms with Crippen LogP contribution in [-0.4, -0.2) is 31.1 Å². The van der Waals surface area contributed by atoms with E-state index >= 15 is 0 Å². The first-order valence-electron chi connectivity index (χ1n) is 7.88. The number of nitrogens with one attached hydrogen (secondary N) is 2. The fourth-order valence-electron chi connectivity index (χ4n) is 2.15. The number of thiazole rings is 1. The van der Waals surface area contributed by atoms with Crippen molar-refractivity contribution in [1.29, 1.82) is 0 Å². The number of guanidine groups is 1. The van der Waals surface area contributed by atoms with Gasteiger partial charge in [-0.15, -0.1) is 35.3 Å². The van der Waals surface area contributed by atoms with Crippen LogP contribution in [0.2, 0.25) is 0 Å². The van der Waals surface area contributed by atoms with Crippen LogP contribution in [-0.2, 0) is 13.0 Å². The molecule has 0 amide bonds. The molecule has 25 heavy (non-hydrogen) atoms. The molecule has 0 radical (unpaired) electrons. The summed E-state index contributed by atoms with van der Waals surface area (Å²) in [6, 6.07) is 4.88. The van der Waals surface area contributed by atoms with E-state index in [1.165, 1.54) is 13.2 Å². The van der Waals surface area contributed by atoms with Crippen LogP contribution in [0.4, 0.5) is 4.39 Å². The highest BCUT2D eigenvalue weighted by Crippen LogP contribution is 2.18. The molecule has 2 aromatic rings. The van der Waals surface area contributed by atoms with Gasteiger partial charge in [0, 0.05) is 24.9 Å². The Labute approximate surface area is 169 Å². The Balaban J connectivity index is 0.00000312. The third-order valence-corrected chi connectivity index (χ3v) is 4.14. The molecule has 5 nitrogen and oxygen atoms in total. The van der Waals surface area contributed by atoms with Gasteiger partial charge in [0.05, 0.1) is 24.4 Å². The average Bonchev–Trinajstić information content (AvgIpc) is 2.98. The number of nitrogens with zero attached hydrogens (tertiary/aromatic N) is 2. The zero-order chi connectivity index (χ0) is 17.4. The highest BCUT2D eigenvalue weighted by Gasteiger charge is 2.04. The summed E-state index contributed by atoms with van der Waals surface area (Å²) in [6.45, 7) is 5.91. The minimum Gasteiger partial charge on any atom is -0.494 e. The van der Waals surface area contributed by atoms with Crippen molar-refractivity contribution in [3.8, 4) is 5.75 Å². The van der Waals surface area contributed by atoms with Crippen LogP contribution in [0.3, 0.4) is 0 Å². The maximum absolute atomic E-state index is 13.7. The zero-order valence-corrected chi connectivity index (χ0v) is 17.8. The minimum absolute atomic E-state index is 0. The normalized spacial score (nSPS) is 11.0. The highest BCUT2D eigenvalue weighted by atomic mass is 127. The summed E-state index contributed by atoms with van der Waals surface area (Å²) in [5.41, 5.74) is 1.87. The number of rotatable bonds is 7. The van der Waals surface area contributed by atoms with Crippen LogP contribution in [0, 0.1) is 12.7 Å². The van der Waals surface area contributed by atoms with Crippen molar-refractivity contribution in [3.05, 3.63) is 45.7 Å². The molecule has 8 heteroatoms. The summed E-state index contributed by atoms with van der Waals surface area (Å²) < 4.78 is 18.6. The van der Waals surface area contributed by atoms with Gasteiger partial charge in [-0.2, -0.15) is 0 Å². The van der Waals surface area contributed by atoms with Gasteiger partial charge in [0.2, 0.25) is 0 Å². The van der Waals surface area contributed by atoms with Crippen molar-refractivity contribution >= 4 is 41.3 Å². The van der Waals surface area contributed by atoms with E-state index in [4.69, 9.17) is 4.74 Å². The van der Waals surface area contributed by atoms with E-state index < -0.39 is 0 Å². The van der Waals surface area contributed by atoms with E-state index in [9.17, 15) is 4.39 Å². The van der Waals surface area contributed by atoms with Crippen LogP contribution < -0.4 is 15.4 Å². The van der Waals surface area contributed by atoms with Crippen molar-refractivity contribution in [2.24, 2.45) is 4.99 Å². The van der Waals surface area contributed by atoms with Gasteiger partial charge < -0.3 is 15.4 Å². The number of aromatic nitrogens is 1. The molecule has 0 aliphatic carbocycles. The highest BCUT2D eigenvalue weighted by molar-refractivity contribution is 14.0. The molecule has 0 aliphatic rings. The quantitative estimate of drug-likeness (QED) is 0.364. The van der Waals surface area contributed by atoms with E-state index in [-0.39, 0.29) is 35.5 Å². The van der Waals surface area contributed by atoms with E-state index in [0.29, 0.717) is 12.5 Å². The first kappa shape index (κ1) is 21.6. The van der Waals surface area contributed by atoms with Gasteiger partial charge in [-0.3, -0.25) is 0 Å². The summed E-state index contributed by atoms with van der Waals surface area (Å²) in [5, 5.41) is 9.60. The molecule has 0 aliphatic heterocycles. The minimum atomic E-state index is -0.373. The lowest BCUT2D eigenvalue weighted by molar-refractivity contribution is 0.386. The van der Waals surface area contributed by atoms with E-state index in [0.717, 1.165) is 35.8 Å². The van der Waals surface area contributed by atoms with E-state index in [1.54, 1.807) is 17.4 Å². The molecule has 2 N–H and O–H groups in total. The topological polar surface area (TPSA) is 58.5 Å².